The largest absolute Gasteiger partial charge is 0.352 e. The highest BCUT2D eigenvalue weighted by Crippen LogP contribution is 2.42. The Labute approximate surface area is 274 Å². The van der Waals surface area contributed by atoms with Crippen LogP contribution >= 0.6 is 23.2 Å². The maximum absolute atomic E-state index is 14.2. The molecule has 7 nitrogen and oxygen atoms in total. The molecule has 0 unspecified atom stereocenters. The molecule has 0 spiro atoms. The van der Waals surface area contributed by atoms with Gasteiger partial charge in [-0.05, 0) is 60.0 Å². The SMILES string of the molecule is O=C(NC1CCCC1)[C@H](Cc1ccccc1)N(Cc1ccc(Cl)cc1Cl)C(=O)CCCN1c2cccc3cccc(c23)S1(=O)=O. The lowest BCUT2D eigenvalue weighted by molar-refractivity contribution is -0.141. The van der Waals surface area contributed by atoms with Gasteiger partial charge in [0.1, 0.15) is 6.04 Å². The third kappa shape index (κ3) is 6.69. The van der Waals surface area contributed by atoms with Crippen molar-refractivity contribution in [2.45, 2.75) is 68.5 Å². The van der Waals surface area contributed by atoms with E-state index in [1.807, 2.05) is 48.5 Å². The van der Waals surface area contributed by atoms with Gasteiger partial charge in [-0.2, -0.15) is 0 Å². The van der Waals surface area contributed by atoms with Gasteiger partial charge in [-0.15, -0.1) is 0 Å². The minimum Gasteiger partial charge on any atom is -0.352 e. The number of nitrogens with zero attached hydrogens (tertiary/aromatic N) is 2. The van der Waals surface area contributed by atoms with E-state index in [1.54, 1.807) is 41.3 Å². The van der Waals surface area contributed by atoms with E-state index in [1.165, 1.54) is 4.31 Å². The molecule has 2 amide bonds. The molecule has 0 bridgehead atoms. The lowest BCUT2D eigenvalue weighted by atomic mass is 10.0. The Hall–Kier alpha value is -3.59. The van der Waals surface area contributed by atoms with E-state index in [0.29, 0.717) is 33.1 Å². The van der Waals surface area contributed by atoms with E-state index >= 15 is 0 Å². The van der Waals surface area contributed by atoms with Crippen LogP contribution in [0.1, 0.15) is 49.7 Å². The smallest absolute Gasteiger partial charge is 0.265 e. The fourth-order valence-electron chi connectivity index (χ4n) is 6.47. The van der Waals surface area contributed by atoms with E-state index in [2.05, 4.69) is 5.32 Å². The highest BCUT2D eigenvalue weighted by molar-refractivity contribution is 7.93. The Bertz CT molecular complexity index is 1820. The third-order valence-electron chi connectivity index (χ3n) is 8.76. The lowest BCUT2D eigenvalue weighted by Gasteiger charge is -2.33. The number of sulfonamides is 1. The second-order valence-corrected chi connectivity index (χ2v) is 14.4. The minimum atomic E-state index is -3.74. The molecule has 1 aliphatic heterocycles. The van der Waals surface area contributed by atoms with Gasteiger partial charge >= 0.3 is 0 Å². The molecule has 1 saturated carbocycles. The molecule has 0 saturated heterocycles. The van der Waals surface area contributed by atoms with Gasteiger partial charge in [-0.3, -0.25) is 13.9 Å². The molecule has 234 valence electrons. The predicted molar refractivity (Wildman–Crippen MR) is 179 cm³/mol. The van der Waals surface area contributed by atoms with E-state index < -0.39 is 16.1 Å². The van der Waals surface area contributed by atoms with Crippen LogP contribution in [0, 0.1) is 0 Å². The van der Waals surface area contributed by atoms with Crippen LogP contribution in [0.2, 0.25) is 10.0 Å². The topological polar surface area (TPSA) is 86.8 Å². The zero-order valence-corrected chi connectivity index (χ0v) is 27.1. The molecule has 1 aliphatic carbocycles. The molecule has 10 heteroatoms. The monoisotopic (exact) mass is 663 g/mol. The summed E-state index contributed by atoms with van der Waals surface area (Å²) in [5.74, 6) is -0.454. The summed E-state index contributed by atoms with van der Waals surface area (Å²) in [7, 11) is -3.74. The highest BCUT2D eigenvalue weighted by atomic mass is 35.5. The Kier molecular flexibility index (Phi) is 9.36. The van der Waals surface area contributed by atoms with Crippen molar-refractivity contribution in [1.82, 2.24) is 10.2 Å². The number of carbonyl (C=O) groups is 2. The standard InChI is InChI=1S/C35H35Cl2N3O4S/c36-27-19-18-26(29(37)22-27)23-39(31(21-24-9-2-1-3-10-24)35(42)38-28-13-4-5-14-28)33(41)17-8-20-40-30-15-6-11-25-12-7-16-32(34(25)30)45(40,43)44/h1-3,6-7,9-12,15-16,18-19,22,28,31H,4-5,8,13-14,17,20-21,23H2,(H,38,42)/t31-/m0/s1. The zero-order valence-electron chi connectivity index (χ0n) is 24.8. The molecule has 0 radical (unpaired) electrons. The van der Waals surface area contributed by atoms with Crippen molar-refractivity contribution >= 4 is 61.5 Å². The van der Waals surface area contributed by atoms with Crippen molar-refractivity contribution in [3.8, 4) is 0 Å². The first-order chi connectivity index (χ1) is 21.7. The molecule has 45 heavy (non-hydrogen) atoms. The first kappa shape index (κ1) is 31.4. The number of benzene rings is 4. The van der Waals surface area contributed by atoms with Crippen molar-refractivity contribution in [3.05, 3.63) is 106 Å². The van der Waals surface area contributed by atoms with Crippen LogP contribution in [0.4, 0.5) is 5.69 Å². The number of halogens is 2. The highest BCUT2D eigenvalue weighted by Gasteiger charge is 2.36. The van der Waals surface area contributed by atoms with Gasteiger partial charge in [-0.1, -0.05) is 96.7 Å². The molecule has 1 fully saturated rings. The summed E-state index contributed by atoms with van der Waals surface area (Å²) in [6.07, 6.45) is 4.61. The van der Waals surface area contributed by atoms with Crippen molar-refractivity contribution < 1.29 is 18.0 Å². The molecule has 1 atom stereocenters. The maximum atomic E-state index is 14.2. The lowest BCUT2D eigenvalue weighted by Crippen LogP contribution is -2.52. The Morgan fingerprint density at radius 3 is 2.40 bits per heavy atom. The van der Waals surface area contributed by atoms with E-state index in [0.717, 1.165) is 36.6 Å². The first-order valence-corrected chi connectivity index (χ1v) is 17.5. The molecular weight excluding hydrogens is 629 g/mol. The van der Waals surface area contributed by atoms with Crippen molar-refractivity contribution in [2.75, 3.05) is 10.8 Å². The van der Waals surface area contributed by atoms with Gasteiger partial charge in [0.25, 0.3) is 10.0 Å². The van der Waals surface area contributed by atoms with Crippen LogP contribution in [0.5, 0.6) is 0 Å². The van der Waals surface area contributed by atoms with Crippen molar-refractivity contribution in [1.29, 1.82) is 0 Å². The van der Waals surface area contributed by atoms with E-state index in [-0.39, 0.29) is 48.7 Å². The number of anilines is 1. The van der Waals surface area contributed by atoms with Crippen LogP contribution in [0.3, 0.4) is 0 Å². The summed E-state index contributed by atoms with van der Waals surface area (Å²) in [4.78, 5) is 30.0. The summed E-state index contributed by atoms with van der Waals surface area (Å²) in [5.41, 5.74) is 2.22. The Balaban J connectivity index is 1.26. The normalized spacial score (nSPS) is 16.2. The number of carbonyl (C=O) groups excluding carboxylic acids is 2. The minimum absolute atomic E-state index is 0.0472. The summed E-state index contributed by atoms with van der Waals surface area (Å²) in [6, 6.07) is 24.9. The second kappa shape index (κ2) is 13.4. The van der Waals surface area contributed by atoms with E-state index in [9.17, 15) is 18.0 Å². The number of rotatable bonds is 11. The van der Waals surface area contributed by atoms with Gasteiger partial charge in [0.05, 0.1) is 10.6 Å². The van der Waals surface area contributed by atoms with Gasteiger partial charge < -0.3 is 10.2 Å². The molecule has 4 aromatic rings. The van der Waals surface area contributed by atoms with Crippen molar-refractivity contribution in [3.63, 3.8) is 0 Å². The predicted octanol–water partition coefficient (Wildman–Crippen LogP) is 7.13. The molecular formula is C35H35Cl2N3O4S. The van der Waals surface area contributed by atoms with Gasteiger partial charge in [0.2, 0.25) is 11.8 Å². The van der Waals surface area contributed by atoms with Crippen LogP contribution in [0.15, 0.2) is 89.8 Å². The number of amides is 2. The van der Waals surface area contributed by atoms with Crippen molar-refractivity contribution in [2.24, 2.45) is 0 Å². The molecule has 6 rings (SSSR count). The molecule has 1 heterocycles. The number of hydrogen-bond donors (Lipinski definition) is 1. The van der Waals surface area contributed by atoms with Crippen LogP contribution < -0.4 is 9.62 Å². The summed E-state index contributed by atoms with van der Waals surface area (Å²) in [5, 5.41) is 5.65. The second-order valence-electron chi connectivity index (χ2n) is 11.8. The molecule has 2 aliphatic rings. The fraction of sp³-hybridized carbons (Fsp3) is 0.314. The maximum Gasteiger partial charge on any atom is 0.265 e. The van der Waals surface area contributed by atoms with Crippen LogP contribution in [0.25, 0.3) is 10.8 Å². The fourth-order valence-corrected chi connectivity index (χ4v) is 8.69. The van der Waals surface area contributed by atoms with Crippen LogP contribution in [-0.2, 0) is 32.6 Å². The van der Waals surface area contributed by atoms with Crippen LogP contribution in [-0.4, -0.2) is 43.8 Å². The number of nitrogens with one attached hydrogen (secondary N) is 1. The average molecular weight is 665 g/mol. The van der Waals surface area contributed by atoms with E-state index in [4.69, 9.17) is 23.2 Å². The third-order valence-corrected chi connectivity index (χ3v) is 11.2. The Morgan fingerprint density at radius 1 is 0.933 bits per heavy atom. The summed E-state index contributed by atoms with van der Waals surface area (Å²) >= 11 is 12.7. The Morgan fingerprint density at radius 2 is 1.67 bits per heavy atom. The average Bonchev–Trinajstić information content (AvgIpc) is 3.61. The molecule has 0 aromatic heterocycles. The van der Waals surface area contributed by atoms with Gasteiger partial charge in [0, 0.05) is 47.4 Å². The van der Waals surface area contributed by atoms with Gasteiger partial charge in [0.15, 0.2) is 0 Å². The van der Waals surface area contributed by atoms with Gasteiger partial charge in [-0.25, -0.2) is 8.42 Å². The summed E-state index contributed by atoms with van der Waals surface area (Å²) < 4.78 is 28.4. The number of hydrogen-bond acceptors (Lipinski definition) is 4. The molecule has 1 N–H and O–H groups in total. The zero-order chi connectivity index (χ0) is 31.6. The summed E-state index contributed by atoms with van der Waals surface area (Å²) in [6.45, 7) is 0.242. The quantitative estimate of drug-likeness (QED) is 0.185. The molecule has 4 aromatic carbocycles. The first-order valence-electron chi connectivity index (χ1n) is 15.3.